The van der Waals surface area contributed by atoms with Gasteiger partial charge in [0.1, 0.15) is 23.1 Å². The summed E-state index contributed by atoms with van der Waals surface area (Å²) in [5.41, 5.74) is 6.21. The second-order valence-electron chi connectivity index (χ2n) is 2.73. The normalized spacial score (nSPS) is 10.0. The highest BCUT2D eigenvalue weighted by molar-refractivity contribution is 6.30. The molecule has 4 nitrogen and oxygen atoms in total. The predicted octanol–water partition coefficient (Wildman–Crippen LogP) is 1.23. The van der Waals surface area contributed by atoms with Gasteiger partial charge in [-0.25, -0.2) is 9.97 Å². The zero-order valence-electron chi connectivity index (χ0n) is 7.25. The number of ketones is 1. The van der Waals surface area contributed by atoms with E-state index in [1.807, 2.05) is 0 Å². The van der Waals surface area contributed by atoms with Crippen LogP contribution in [0.15, 0.2) is 6.33 Å². The highest BCUT2D eigenvalue weighted by Crippen LogP contribution is 2.18. The number of nitrogen functional groups attached to an aromatic ring is 1. The summed E-state index contributed by atoms with van der Waals surface area (Å²) in [6.45, 7) is 1.52. The summed E-state index contributed by atoms with van der Waals surface area (Å²) in [6.07, 6.45) is 2.22. The maximum atomic E-state index is 10.7. The fraction of sp³-hybridized carbons (Fsp3) is 0.375. The zero-order chi connectivity index (χ0) is 9.84. The molecule has 0 radical (unpaired) electrons. The summed E-state index contributed by atoms with van der Waals surface area (Å²) < 4.78 is 0. The lowest BCUT2D eigenvalue weighted by Gasteiger charge is -2.03. The number of hydrogen-bond acceptors (Lipinski definition) is 4. The molecule has 1 rings (SSSR count). The second kappa shape index (κ2) is 4.18. The van der Waals surface area contributed by atoms with Gasteiger partial charge in [-0.1, -0.05) is 11.6 Å². The molecule has 70 valence electrons. The number of nitrogens with two attached hydrogens (primary N) is 1. The number of carbonyl (C=O) groups is 1. The third-order valence-corrected chi connectivity index (χ3v) is 1.98. The molecule has 0 atom stereocenters. The van der Waals surface area contributed by atoms with Gasteiger partial charge in [0.15, 0.2) is 0 Å². The van der Waals surface area contributed by atoms with Gasteiger partial charge in [-0.3, -0.25) is 0 Å². The Morgan fingerprint density at radius 3 is 2.85 bits per heavy atom. The van der Waals surface area contributed by atoms with Crippen LogP contribution in [-0.2, 0) is 11.2 Å². The molecule has 0 unspecified atom stereocenters. The van der Waals surface area contributed by atoms with Crippen molar-refractivity contribution in [2.24, 2.45) is 0 Å². The van der Waals surface area contributed by atoms with Gasteiger partial charge in [0.2, 0.25) is 0 Å². The molecule has 1 aromatic heterocycles. The molecular formula is C8H10ClN3O. The number of halogens is 1. The summed E-state index contributed by atoms with van der Waals surface area (Å²) in [5.74, 6) is 0.445. The molecule has 1 heterocycles. The van der Waals surface area contributed by atoms with E-state index in [2.05, 4.69) is 9.97 Å². The van der Waals surface area contributed by atoms with Gasteiger partial charge in [0.05, 0.1) is 0 Å². The summed E-state index contributed by atoms with van der Waals surface area (Å²) in [7, 11) is 0. The predicted molar refractivity (Wildman–Crippen MR) is 50.5 cm³/mol. The maximum absolute atomic E-state index is 10.7. The van der Waals surface area contributed by atoms with Gasteiger partial charge >= 0.3 is 0 Å². The van der Waals surface area contributed by atoms with Crippen molar-refractivity contribution < 1.29 is 4.79 Å². The first kappa shape index (κ1) is 9.92. The van der Waals surface area contributed by atoms with Crippen LogP contribution in [-0.4, -0.2) is 15.8 Å². The van der Waals surface area contributed by atoms with Gasteiger partial charge in [0.25, 0.3) is 0 Å². The minimum Gasteiger partial charge on any atom is -0.383 e. The lowest BCUT2D eigenvalue weighted by Crippen LogP contribution is -2.02. The van der Waals surface area contributed by atoms with Crippen molar-refractivity contribution in [3.05, 3.63) is 17.0 Å². The molecule has 5 heteroatoms. The Balaban J connectivity index is 2.81. The van der Waals surface area contributed by atoms with Crippen molar-refractivity contribution >= 4 is 23.2 Å². The van der Waals surface area contributed by atoms with Gasteiger partial charge in [-0.15, -0.1) is 0 Å². The Hall–Kier alpha value is -1.16. The van der Waals surface area contributed by atoms with E-state index in [0.717, 1.165) is 0 Å². The molecule has 0 saturated carbocycles. The molecule has 0 aliphatic rings. The van der Waals surface area contributed by atoms with Crippen LogP contribution in [0, 0.1) is 0 Å². The van der Waals surface area contributed by atoms with E-state index < -0.39 is 0 Å². The van der Waals surface area contributed by atoms with E-state index in [1.54, 1.807) is 0 Å². The van der Waals surface area contributed by atoms with E-state index in [0.29, 0.717) is 29.4 Å². The highest BCUT2D eigenvalue weighted by Gasteiger charge is 2.07. The highest BCUT2D eigenvalue weighted by atomic mass is 35.5. The van der Waals surface area contributed by atoms with Crippen molar-refractivity contribution in [1.29, 1.82) is 0 Å². The maximum Gasteiger partial charge on any atom is 0.137 e. The Kier molecular flexibility index (Phi) is 3.19. The van der Waals surface area contributed by atoms with E-state index in [1.165, 1.54) is 13.3 Å². The summed E-state index contributed by atoms with van der Waals surface area (Å²) >= 11 is 5.77. The molecule has 0 aromatic carbocycles. The number of anilines is 1. The number of Topliss-reactive ketones (excluding diaryl/α,β-unsaturated/α-hetero) is 1. The van der Waals surface area contributed by atoms with Gasteiger partial charge in [-0.2, -0.15) is 0 Å². The fourth-order valence-electron chi connectivity index (χ4n) is 0.936. The van der Waals surface area contributed by atoms with Crippen LogP contribution >= 0.6 is 11.6 Å². The minimum atomic E-state index is 0.0966. The van der Waals surface area contributed by atoms with Gasteiger partial charge in [0, 0.05) is 12.0 Å². The van der Waals surface area contributed by atoms with Crippen molar-refractivity contribution in [2.45, 2.75) is 19.8 Å². The van der Waals surface area contributed by atoms with E-state index >= 15 is 0 Å². The van der Waals surface area contributed by atoms with Gasteiger partial charge < -0.3 is 10.5 Å². The monoisotopic (exact) mass is 199 g/mol. The van der Waals surface area contributed by atoms with E-state index in [9.17, 15) is 4.79 Å². The minimum absolute atomic E-state index is 0.0966. The molecule has 0 aliphatic heterocycles. The fourth-order valence-corrected chi connectivity index (χ4v) is 1.17. The van der Waals surface area contributed by atoms with Crippen LogP contribution in [0.1, 0.15) is 18.9 Å². The number of hydrogen-bond donors (Lipinski definition) is 1. The van der Waals surface area contributed by atoms with Crippen LogP contribution in [0.4, 0.5) is 5.82 Å². The van der Waals surface area contributed by atoms with Gasteiger partial charge in [-0.05, 0) is 13.3 Å². The number of aromatic nitrogens is 2. The van der Waals surface area contributed by atoms with E-state index in [4.69, 9.17) is 17.3 Å². The van der Waals surface area contributed by atoms with E-state index in [-0.39, 0.29) is 5.78 Å². The first-order valence-corrected chi connectivity index (χ1v) is 4.23. The number of nitrogens with zero attached hydrogens (tertiary/aromatic N) is 2. The molecule has 0 amide bonds. The second-order valence-corrected chi connectivity index (χ2v) is 3.09. The molecular weight excluding hydrogens is 190 g/mol. The third kappa shape index (κ3) is 2.66. The first-order chi connectivity index (χ1) is 6.11. The molecule has 0 bridgehead atoms. The number of carbonyl (C=O) groups excluding carboxylic acids is 1. The molecule has 2 N–H and O–H groups in total. The topological polar surface area (TPSA) is 68.9 Å². The first-order valence-electron chi connectivity index (χ1n) is 3.85. The SMILES string of the molecule is CC(=O)CCc1c(N)ncnc1Cl. The molecule has 0 aliphatic carbocycles. The zero-order valence-corrected chi connectivity index (χ0v) is 8.01. The lowest BCUT2D eigenvalue weighted by atomic mass is 10.1. The van der Waals surface area contributed by atoms with Crippen LogP contribution in [0.5, 0.6) is 0 Å². The lowest BCUT2D eigenvalue weighted by molar-refractivity contribution is -0.116. The van der Waals surface area contributed by atoms with Crippen molar-refractivity contribution in [3.8, 4) is 0 Å². The third-order valence-electron chi connectivity index (χ3n) is 1.65. The summed E-state index contributed by atoms with van der Waals surface area (Å²) in [4.78, 5) is 18.3. The molecule has 0 spiro atoms. The Labute approximate surface area is 81.1 Å². The van der Waals surface area contributed by atoms with Crippen molar-refractivity contribution in [3.63, 3.8) is 0 Å². The molecule has 13 heavy (non-hydrogen) atoms. The largest absolute Gasteiger partial charge is 0.383 e. The van der Waals surface area contributed by atoms with Crippen molar-refractivity contribution in [1.82, 2.24) is 9.97 Å². The molecule has 0 fully saturated rings. The Bertz CT molecular complexity index is 307. The summed E-state index contributed by atoms with van der Waals surface area (Å²) in [6, 6.07) is 0. The Morgan fingerprint density at radius 2 is 2.31 bits per heavy atom. The van der Waals surface area contributed by atoms with Crippen LogP contribution < -0.4 is 5.73 Å². The smallest absolute Gasteiger partial charge is 0.137 e. The molecule has 1 aromatic rings. The van der Waals surface area contributed by atoms with Crippen LogP contribution in [0.3, 0.4) is 0 Å². The van der Waals surface area contributed by atoms with Crippen molar-refractivity contribution in [2.75, 3.05) is 5.73 Å². The quantitative estimate of drug-likeness (QED) is 0.744. The number of rotatable bonds is 3. The average molecular weight is 200 g/mol. The standard InChI is InChI=1S/C8H10ClN3O/c1-5(13)2-3-6-7(9)11-4-12-8(6)10/h4H,2-3H2,1H3,(H2,10,11,12). The average Bonchev–Trinajstić information content (AvgIpc) is 2.03. The molecule has 0 saturated heterocycles. The van der Waals surface area contributed by atoms with Crippen LogP contribution in [0.25, 0.3) is 0 Å². The van der Waals surface area contributed by atoms with Crippen LogP contribution in [0.2, 0.25) is 5.15 Å². The Morgan fingerprint density at radius 1 is 1.62 bits per heavy atom. The summed E-state index contributed by atoms with van der Waals surface area (Å²) in [5, 5.41) is 0.328.